The summed E-state index contributed by atoms with van der Waals surface area (Å²) in [5.74, 6) is 0. The lowest BCUT2D eigenvalue weighted by Gasteiger charge is -2.31. The predicted molar refractivity (Wildman–Crippen MR) is 78.1 cm³/mol. The number of morpholine rings is 1. The first-order valence-corrected chi connectivity index (χ1v) is 6.77. The summed E-state index contributed by atoms with van der Waals surface area (Å²) in [7, 11) is 4.09. The lowest BCUT2D eigenvalue weighted by atomic mass is 10.1. The van der Waals surface area contributed by atoms with Crippen molar-refractivity contribution in [1.29, 1.82) is 0 Å². The van der Waals surface area contributed by atoms with E-state index in [-0.39, 0.29) is 6.04 Å². The van der Waals surface area contributed by atoms with Gasteiger partial charge in [-0.1, -0.05) is 12.1 Å². The van der Waals surface area contributed by atoms with E-state index in [1.165, 1.54) is 11.3 Å². The molecule has 3 N–H and O–H groups in total. The highest BCUT2D eigenvalue weighted by Crippen LogP contribution is 2.17. The number of hydrogen-bond donors (Lipinski definition) is 2. The molecular formula is C14H24N4O. The summed E-state index contributed by atoms with van der Waals surface area (Å²) in [5, 5.41) is 2.20. The molecule has 0 saturated carbocycles. The summed E-state index contributed by atoms with van der Waals surface area (Å²) in [6, 6.07) is 8.69. The number of nitrogens with one attached hydrogen (secondary N) is 1. The summed E-state index contributed by atoms with van der Waals surface area (Å²) >= 11 is 0. The molecule has 1 aromatic carbocycles. The van der Waals surface area contributed by atoms with Crippen molar-refractivity contribution in [1.82, 2.24) is 10.4 Å². The highest BCUT2D eigenvalue weighted by Gasteiger charge is 2.16. The SMILES string of the molecule is CN(C)c1ccc(C(CN)NN2CCOCC2)cc1. The number of hydrogen-bond acceptors (Lipinski definition) is 5. The molecule has 0 aromatic heterocycles. The van der Waals surface area contributed by atoms with Crippen molar-refractivity contribution >= 4 is 5.69 Å². The Labute approximate surface area is 115 Å². The number of benzene rings is 1. The lowest BCUT2D eigenvalue weighted by Crippen LogP contribution is -2.48. The van der Waals surface area contributed by atoms with Crippen molar-refractivity contribution in [2.75, 3.05) is 51.8 Å². The minimum atomic E-state index is 0.161. The molecule has 1 aliphatic heterocycles. The Morgan fingerprint density at radius 2 is 1.89 bits per heavy atom. The second-order valence-electron chi connectivity index (χ2n) is 5.00. The standard InChI is InChI=1S/C14H24N4O/c1-17(2)13-5-3-12(4-6-13)14(11-15)16-18-7-9-19-10-8-18/h3-6,14,16H,7-11,15H2,1-2H3. The van der Waals surface area contributed by atoms with E-state index in [0.29, 0.717) is 6.54 Å². The second-order valence-corrected chi connectivity index (χ2v) is 5.00. The molecular weight excluding hydrogens is 240 g/mol. The Kier molecular flexibility index (Phi) is 5.15. The third-order valence-electron chi connectivity index (χ3n) is 3.40. The lowest BCUT2D eigenvalue weighted by molar-refractivity contribution is 0.00405. The summed E-state index contributed by atoms with van der Waals surface area (Å²) in [6.07, 6.45) is 0. The monoisotopic (exact) mass is 264 g/mol. The summed E-state index contributed by atoms with van der Waals surface area (Å²) < 4.78 is 5.34. The van der Waals surface area contributed by atoms with E-state index in [0.717, 1.165) is 26.3 Å². The first-order valence-electron chi connectivity index (χ1n) is 6.77. The van der Waals surface area contributed by atoms with Gasteiger partial charge in [-0.25, -0.2) is 10.4 Å². The Morgan fingerprint density at radius 1 is 1.26 bits per heavy atom. The van der Waals surface area contributed by atoms with E-state index >= 15 is 0 Å². The number of rotatable bonds is 5. The Morgan fingerprint density at radius 3 is 2.42 bits per heavy atom. The topological polar surface area (TPSA) is 53.8 Å². The van der Waals surface area contributed by atoms with Crippen LogP contribution in [-0.4, -0.2) is 52.0 Å². The van der Waals surface area contributed by atoms with E-state index in [2.05, 4.69) is 39.6 Å². The van der Waals surface area contributed by atoms with Gasteiger partial charge >= 0.3 is 0 Å². The molecule has 1 unspecified atom stereocenters. The van der Waals surface area contributed by atoms with Crippen molar-refractivity contribution < 1.29 is 4.74 Å². The number of anilines is 1. The fourth-order valence-electron chi connectivity index (χ4n) is 2.18. The minimum absolute atomic E-state index is 0.161. The van der Waals surface area contributed by atoms with Crippen LogP contribution in [0.15, 0.2) is 24.3 Å². The number of nitrogens with zero attached hydrogens (tertiary/aromatic N) is 2. The van der Waals surface area contributed by atoms with Gasteiger partial charge in [0.1, 0.15) is 0 Å². The van der Waals surface area contributed by atoms with Gasteiger partial charge in [-0.15, -0.1) is 0 Å². The molecule has 0 radical (unpaired) electrons. The van der Waals surface area contributed by atoms with Gasteiger partial charge in [-0.2, -0.15) is 0 Å². The molecule has 106 valence electrons. The fourth-order valence-corrected chi connectivity index (χ4v) is 2.18. The average Bonchev–Trinajstić information content (AvgIpc) is 2.46. The van der Waals surface area contributed by atoms with Crippen molar-refractivity contribution in [3.63, 3.8) is 0 Å². The zero-order valence-corrected chi connectivity index (χ0v) is 11.8. The molecule has 0 spiro atoms. The highest BCUT2D eigenvalue weighted by atomic mass is 16.5. The molecule has 0 amide bonds. The van der Waals surface area contributed by atoms with Gasteiger partial charge in [0.2, 0.25) is 0 Å². The van der Waals surface area contributed by atoms with E-state index in [4.69, 9.17) is 10.5 Å². The minimum Gasteiger partial charge on any atom is -0.379 e. The van der Waals surface area contributed by atoms with E-state index in [9.17, 15) is 0 Å². The Balaban J connectivity index is 1.99. The van der Waals surface area contributed by atoms with Gasteiger partial charge < -0.3 is 15.4 Å². The van der Waals surface area contributed by atoms with Gasteiger partial charge in [0.15, 0.2) is 0 Å². The number of hydrazine groups is 1. The van der Waals surface area contributed by atoms with Crippen LogP contribution in [0.5, 0.6) is 0 Å². The molecule has 5 nitrogen and oxygen atoms in total. The van der Waals surface area contributed by atoms with Crippen LogP contribution in [-0.2, 0) is 4.74 Å². The van der Waals surface area contributed by atoms with E-state index in [1.54, 1.807) is 0 Å². The van der Waals surface area contributed by atoms with Crippen LogP contribution in [0.25, 0.3) is 0 Å². The normalized spacial score (nSPS) is 18.3. The van der Waals surface area contributed by atoms with Gasteiger partial charge in [0.05, 0.1) is 19.3 Å². The molecule has 19 heavy (non-hydrogen) atoms. The maximum absolute atomic E-state index is 5.89. The predicted octanol–water partition coefficient (Wildman–Crippen LogP) is 0.589. The largest absolute Gasteiger partial charge is 0.379 e. The zero-order chi connectivity index (χ0) is 13.7. The first kappa shape index (κ1) is 14.3. The maximum Gasteiger partial charge on any atom is 0.0608 e. The smallest absolute Gasteiger partial charge is 0.0608 e. The Bertz CT molecular complexity index is 374. The van der Waals surface area contributed by atoms with Crippen molar-refractivity contribution in [3.8, 4) is 0 Å². The van der Waals surface area contributed by atoms with Crippen molar-refractivity contribution in [3.05, 3.63) is 29.8 Å². The maximum atomic E-state index is 5.89. The third kappa shape index (κ3) is 3.91. The molecule has 1 fully saturated rings. The summed E-state index contributed by atoms with van der Waals surface area (Å²) in [6.45, 7) is 3.96. The van der Waals surface area contributed by atoms with Gasteiger partial charge in [0, 0.05) is 39.4 Å². The molecule has 5 heteroatoms. The van der Waals surface area contributed by atoms with Gasteiger partial charge in [-0.3, -0.25) is 0 Å². The van der Waals surface area contributed by atoms with E-state index in [1.807, 2.05) is 14.1 Å². The van der Waals surface area contributed by atoms with Crippen LogP contribution in [0.3, 0.4) is 0 Å². The summed E-state index contributed by atoms with van der Waals surface area (Å²) in [5.41, 5.74) is 11.8. The van der Waals surface area contributed by atoms with Crippen LogP contribution >= 0.6 is 0 Å². The van der Waals surface area contributed by atoms with Crippen LogP contribution in [0.4, 0.5) is 5.69 Å². The number of nitrogens with two attached hydrogens (primary N) is 1. The number of ether oxygens (including phenoxy) is 1. The molecule has 1 heterocycles. The molecule has 1 atom stereocenters. The van der Waals surface area contributed by atoms with E-state index < -0.39 is 0 Å². The van der Waals surface area contributed by atoms with Crippen molar-refractivity contribution in [2.45, 2.75) is 6.04 Å². The Hall–Kier alpha value is -1.14. The quantitative estimate of drug-likeness (QED) is 0.815. The molecule has 0 bridgehead atoms. The molecule has 0 aliphatic carbocycles. The van der Waals surface area contributed by atoms with Crippen molar-refractivity contribution in [2.24, 2.45) is 5.73 Å². The second kappa shape index (κ2) is 6.86. The molecule has 1 aromatic rings. The highest BCUT2D eigenvalue weighted by molar-refractivity contribution is 5.46. The molecule has 2 rings (SSSR count). The molecule has 1 saturated heterocycles. The fraction of sp³-hybridized carbons (Fsp3) is 0.571. The average molecular weight is 264 g/mol. The first-order chi connectivity index (χ1) is 9.20. The van der Waals surface area contributed by atoms with Crippen LogP contribution in [0.1, 0.15) is 11.6 Å². The van der Waals surface area contributed by atoms with Crippen LogP contribution < -0.4 is 16.1 Å². The zero-order valence-electron chi connectivity index (χ0n) is 11.8. The van der Waals surface area contributed by atoms with Gasteiger partial charge in [-0.05, 0) is 17.7 Å². The third-order valence-corrected chi connectivity index (χ3v) is 3.40. The molecule has 1 aliphatic rings. The van der Waals surface area contributed by atoms with Crippen LogP contribution in [0, 0.1) is 0 Å². The summed E-state index contributed by atoms with van der Waals surface area (Å²) in [4.78, 5) is 2.09. The van der Waals surface area contributed by atoms with Crippen LogP contribution in [0.2, 0.25) is 0 Å². The van der Waals surface area contributed by atoms with Gasteiger partial charge in [0.25, 0.3) is 0 Å².